The van der Waals surface area contributed by atoms with Crippen LogP contribution in [-0.4, -0.2) is 34.9 Å². The number of likely N-dealkylation sites (tertiary alicyclic amines) is 1. The summed E-state index contributed by atoms with van der Waals surface area (Å²) >= 11 is 0. The molecule has 2 heterocycles. The van der Waals surface area contributed by atoms with Crippen molar-refractivity contribution in [3.8, 4) is 0 Å². The van der Waals surface area contributed by atoms with Crippen molar-refractivity contribution in [2.75, 3.05) is 18.0 Å². The number of urea groups is 1. The van der Waals surface area contributed by atoms with Gasteiger partial charge in [0.1, 0.15) is 4.92 Å². The van der Waals surface area contributed by atoms with E-state index < -0.39 is 22.7 Å². The predicted octanol–water partition coefficient (Wildman–Crippen LogP) is 3.75. The van der Waals surface area contributed by atoms with Crippen LogP contribution in [0, 0.1) is 17.0 Å². The Kier molecular flexibility index (Phi) is 5.01. The van der Waals surface area contributed by atoms with E-state index in [0.29, 0.717) is 18.8 Å². The maximum atomic E-state index is 13.0. The number of imide groups is 1. The number of benzene rings is 1. The molecule has 1 fully saturated rings. The fourth-order valence-corrected chi connectivity index (χ4v) is 2.89. The van der Waals surface area contributed by atoms with Gasteiger partial charge in [-0.25, -0.2) is 9.69 Å². The number of rotatable bonds is 3. The van der Waals surface area contributed by atoms with Crippen molar-refractivity contribution >= 4 is 23.5 Å². The van der Waals surface area contributed by atoms with E-state index in [1.807, 2.05) is 6.92 Å². The van der Waals surface area contributed by atoms with E-state index in [4.69, 9.17) is 4.42 Å². The molecule has 0 bridgehead atoms. The van der Waals surface area contributed by atoms with Gasteiger partial charge in [-0.3, -0.25) is 14.9 Å². The summed E-state index contributed by atoms with van der Waals surface area (Å²) in [5.41, 5.74) is 1.38. The van der Waals surface area contributed by atoms with Gasteiger partial charge in [0.2, 0.25) is 0 Å². The average molecular weight is 357 g/mol. The molecule has 0 N–H and O–H groups in total. The normalized spacial score (nSPS) is 14.1. The van der Waals surface area contributed by atoms with Crippen LogP contribution in [0.4, 0.5) is 16.4 Å². The molecule has 1 aliphatic rings. The van der Waals surface area contributed by atoms with Crippen LogP contribution in [0.2, 0.25) is 0 Å². The Bertz CT molecular complexity index is 822. The minimum absolute atomic E-state index is 0.248. The van der Waals surface area contributed by atoms with Gasteiger partial charge in [-0.2, -0.15) is 0 Å². The van der Waals surface area contributed by atoms with Crippen molar-refractivity contribution in [1.82, 2.24) is 4.90 Å². The SMILES string of the molecule is Cc1ccc(N(C(=O)c2ccc([N+](=O)[O-])o2)C(=O)N2CCCCC2)cc1. The summed E-state index contributed by atoms with van der Waals surface area (Å²) in [4.78, 5) is 38.6. The first-order valence-corrected chi connectivity index (χ1v) is 8.41. The average Bonchev–Trinajstić information content (AvgIpc) is 3.14. The number of nitro groups is 1. The number of nitrogens with zero attached hydrogens (tertiary/aromatic N) is 3. The van der Waals surface area contributed by atoms with Gasteiger partial charge in [0.25, 0.3) is 0 Å². The lowest BCUT2D eigenvalue weighted by Crippen LogP contribution is -2.48. The molecule has 0 spiro atoms. The molecule has 3 rings (SSSR count). The first kappa shape index (κ1) is 17.7. The minimum Gasteiger partial charge on any atom is -0.395 e. The van der Waals surface area contributed by atoms with Crippen molar-refractivity contribution in [2.45, 2.75) is 26.2 Å². The van der Waals surface area contributed by atoms with E-state index in [-0.39, 0.29) is 5.76 Å². The van der Waals surface area contributed by atoms with Gasteiger partial charge in [0.15, 0.2) is 5.76 Å². The molecule has 0 atom stereocenters. The number of piperidine rings is 1. The molecule has 8 nitrogen and oxygen atoms in total. The highest BCUT2D eigenvalue weighted by Gasteiger charge is 2.32. The Hall–Kier alpha value is -3.16. The smallest absolute Gasteiger partial charge is 0.395 e. The van der Waals surface area contributed by atoms with E-state index in [2.05, 4.69) is 0 Å². The maximum Gasteiger partial charge on any atom is 0.433 e. The summed E-state index contributed by atoms with van der Waals surface area (Å²) in [6.45, 7) is 3.05. The molecule has 136 valence electrons. The van der Waals surface area contributed by atoms with Crippen molar-refractivity contribution < 1.29 is 18.9 Å². The van der Waals surface area contributed by atoms with Crippen LogP contribution in [0.3, 0.4) is 0 Å². The van der Waals surface area contributed by atoms with E-state index >= 15 is 0 Å². The molecule has 1 aromatic heterocycles. The Morgan fingerprint density at radius 3 is 2.31 bits per heavy atom. The van der Waals surface area contributed by atoms with Crippen LogP contribution in [0.1, 0.15) is 35.4 Å². The lowest BCUT2D eigenvalue weighted by molar-refractivity contribution is -0.402. The third-order valence-electron chi connectivity index (χ3n) is 4.30. The molecule has 1 saturated heterocycles. The highest BCUT2D eigenvalue weighted by Crippen LogP contribution is 2.24. The molecule has 2 aromatic rings. The molecular formula is C18H19N3O5. The summed E-state index contributed by atoms with van der Waals surface area (Å²) in [6, 6.07) is 8.81. The van der Waals surface area contributed by atoms with Gasteiger partial charge in [0.05, 0.1) is 11.8 Å². The highest BCUT2D eigenvalue weighted by molar-refractivity contribution is 6.19. The number of hydrogen-bond donors (Lipinski definition) is 0. The van der Waals surface area contributed by atoms with Gasteiger partial charge in [-0.05, 0) is 44.4 Å². The van der Waals surface area contributed by atoms with Gasteiger partial charge in [0, 0.05) is 13.1 Å². The molecule has 1 aromatic carbocycles. The third-order valence-corrected chi connectivity index (χ3v) is 4.30. The number of carbonyl (C=O) groups excluding carboxylic acids is 2. The van der Waals surface area contributed by atoms with Gasteiger partial charge >= 0.3 is 17.8 Å². The van der Waals surface area contributed by atoms with E-state index in [1.54, 1.807) is 29.2 Å². The molecule has 0 unspecified atom stereocenters. The van der Waals surface area contributed by atoms with Crippen LogP contribution < -0.4 is 4.90 Å². The zero-order valence-electron chi connectivity index (χ0n) is 14.4. The monoisotopic (exact) mass is 357 g/mol. The zero-order chi connectivity index (χ0) is 18.7. The van der Waals surface area contributed by atoms with E-state index in [1.165, 1.54) is 6.07 Å². The lowest BCUT2D eigenvalue weighted by atomic mass is 10.1. The molecule has 0 radical (unpaired) electrons. The Morgan fingerprint density at radius 1 is 1.08 bits per heavy atom. The first-order valence-electron chi connectivity index (χ1n) is 8.41. The molecule has 26 heavy (non-hydrogen) atoms. The third kappa shape index (κ3) is 3.58. The number of aryl methyl sites for hydroxylation is 1. The maximum absolute atomic E-state index is 13.0. The summed E-state index contributed by atoms with van der Waals surface area (Å²) in [6.07, 6.45) is 2.81. The number of anilines is 1. The second-order valence-corrected chi connectivity index (χ2v) is 6.20. The van der Waals surface area contributed by atoms with Gasteiger partial charge in [-0.15, -0.1) is 0 Å². The largest absolute Gasteiger partial charge is 0.433 e. The Balaban J connectivity index is 1.95. The van der Waals surface area contributed by atoms with Crippen LogP contribution in [-0.2, 0) is 0 Å². The predicted molar refractivity (Wildman–Crippen MR) is 94.2 cm³/mol. The number of amides is 3. The quantitative estimate of drug-likeness (QED) is 0.615. The summed E-state index contributed by atoms with van der Waals surface area (Å²) in [5.74, 6) is -1.51. The molecule has 1 aliphatic heterocycles. The first-order chi connectivity index (χ1) is 12.5. The summed E-state index contributed by atoms with van der Waals surface area (Å²) in [7, 11) is 0. The fourth-order valence-electron chi connectivity index (χ4n) is 2.89. The lowest BCUT2D eigenvalue weighted by Gasteiger charge is -2.31. The highest BCUT2D eigenvalue weighted by atomic mass is 16.6. The van der Waals surface area contributed by atoms with Gasteiger partial charge in [-0.1, -0.05) is 17.7 Å². The zero-order valence-corrected chi connectivity index (χ0v) is 14.4. The Morgan fingerprint density at radius 2 is 1.73 bits per heavy atom. The minimum atomic E-state index is -0.725. The Labute approximate surface area is 150 Å². The second-order valence-electron chi connectivity index (χ2n) is 6.20. The number of hydrogen-bond acceptors (Lipinski definition) is 5. The topological polar surface area (TPSA) is 96.9 Å². The van der Waals surface area contributed by atoms with Crippen LogP contribution in [0.25, 0.3) is 0 Å². The molecule has 3 amide bonds. The molecule has 8 heteroatoms. The molecular weight excluding hydrogens is 338 g/mol. The van der Waals surface area contributed by atoms with E-state index in [0.717, 1.165) is 35.8 Å². The van der Waals surface area contributed by atoms with Crippen LogP contribution in [0.5, 0.6) is 0 Å². The van der Waals surface area contributed by atoms with Gasteiger partial charge < -0.3 is 9.32 Å². The summed E-state index contributed by atoms with van der Waals surface area (Å²) in [5, 5.41) is 10.8. The van der Waals surface area contributed by atoms with Crippen molar-refractivity contribution in [3.63, 3.8) is 0 Å². The standard InChI is InChI=1S/C18H19N3O5/c1-13-5-7-14(8-6-13)20(18(23)19-11-3-2-4-12-19)17(22)15-9-10-16(26-15)21(24)25/h5-10H,2-4,11-12H2,1H3. The van der Waals surface area contributed by atoms with Crippen LogP contribution in [0.15, 0.2) is 40.8 Å². The fraction of sp³-hybridized carbons (Fsp3) is 0.333. The van der Waals surface area contributed by atoms with Crippen molar-refractivity contribution in [1.29, 1.82) is 0 Å². The van der Waals surface area contributed by atoms with Crippen molar-refractivity contribution in [2.24, 2.45) is 0 Å². The number of carbonyl (C=O) groups is 2. The second kappa shape index (κ2) is 7.38. The molecule has 0 aliphatic carbocycles. The summed E-state index contributed by atoms with van der Waals surface area (Å²) < 4.78 is 5.01. The van der Waals surface area contributed by atoms with Crippen LogP contribution >= 0.6 is 0 Å². The van der Waals surface area contributed by atoms with E-state index in [9.17, 15) is 19.7 Å². The molecule has 0 saturated carbocycles. The number of furan rings is 1. The van der Waals surface area contributed by atoms with Crippen molar-refractivity contribution in [3.05, 3.63) is 57.8 Å².